The average molecular weight is 241 g/mol. The maximum Gasteiger partial charge on any atom is 0.161 e. The van der Waals surface area contributed by atoms with Gasteiger partial charge < -0.3 is 4.74 Å². The first-order chi connectivity index (χ1) is 7.64. The average Bonchev–Trinajstić information content (AvgIpc) is 2.29. The smallest absolute Gasteiger partial charge is 0.161 e. The molecule has 1 unspecified atom stereocenters. The second kappa shape index (κ2) is 4.68. The summed E-state index contributed by atoms with van der Waals surface area (Å²) in [6, 6.07) is 1.82. The minimum Gasteiger partial charge on any atom is -0.367 e. The van der Waals surface area contributed by atoms with E-state index in [4.69, 9.17) is 16.3 Å². The van der Waals surface area contributed by atoms with Gasteiger partial charge in [0.2, 0.25) is 0 Å². The molecule has 1 aliphatic heterocycles. The molecule has 1 saturated heterocycles. The third kappa shape index (κ3) is 2.36. The molecule has 1 aromatic rings. The van der Waals surface area contributed by atoms with Crippen molar-refractivity contribution in [3.05, 3.63) is 22.7 Å². The lowest BCUT2D eigenvalue weighted by Gasteiger charge is -2.32. The maximum absolute atomic E-state index is 6.00. The van der Waals surface area contributed by atoms with Crippen LogP contribution in [-0.2, 0) is 16.8 Å². The van der Waals surface area contributed by atoms with Gasteiger partial charge in [0.1, 0.15) is 10.8 Å². The zero-order valence-electron chi connectivity index (χ0n) is 9.79. The van der Waals surface area contributed by atoms with Crippen LogP contribution in [0.4, 0.5) is 0 Å². The lowest BCUT2D eigenvalue weighted by atomic mass is 9.95. The molecule has 0 aromatic carbocycles. The van der Waals surface area contributed by atoms with Crippen LogP contribution in [0.5, 0.6) is 0 Å². The van der Waals surface area contributed by atoms with Crippen LogP contribution in [-0.4, -0.2) is 16.6 Å². The third-order valence-electron chi connectivity index (χ3n) is 3.05. The Kier molecular flexibility index (Phi) is 3.45. The number of hydrogen-bond acceptors (Lipinski definition) is 3. The van der Waals surface area contributed by atoms with Crippen LogP contribution in [0, 0.1) is 0 Å². The van der Waals surface area contributed by atoms with Gasteiger partial charge in [0.25, 0.3) is 0 Å². The number of ether oxygens (including phenoxy) is 1. The van der Waals surface area contributed by atoms with E-state index >= 15 is 0 Å². The Bertz CT molecular complexity index is 375. The fourth-order valence-electron chi connectivity index (χ4n) is 1.99. The quantitative estimate of drug-likeness (QED) is 0.745. The van der Waals surface area contributed by atoms with E-state index in [0.29, 0.717) is 5.15 Å². The van der Waals surface area contributed by atoms with Crippen LogP contribution >= 0.6 is 11.6 Å². The lowest BCUT2D eigenvalue weighted by Crippen LogP contribution is -2.32. The summed E-state index contributed by atoms with van der Waals surface area (Å²) in [4.78, 5) is 8.83. The van der Waals surface area contributed by atoms with Gasteiger partial charge in [-0.2, -0.15) is 0 Å². The highest BCUT2D eigenvalue weighted by Crippen LogP contribution is 2.33. The predicted octanol–water partition coefficient (Wildman–Crippen LogP) is 3.11. The van der Waals surface area contributed by atoms with Gasteiger partial charge in [0.05, 0.1) is 0 Å². The number of aromatic nitrogens is 2. The summed E-state index contributed by atoms with van der Waals surface area (Å²) >= 11 is 6.00. The normalized spacial score (nSPS) is 25.7. The number of rotatable bonds is 2. The molecule has 2 rings (SSSR count). The Labute approximate surface area is 101 Å². The highest BCUT2D eigenvalue weighted by Gasteiger charge is 2.33. The van der Waals surface area contributed by atoms with Crippen LogP contribution < -0.4 is 0 Å². The lowest BCUT2D eigenvalue weighted by molar-refractivity contribution is -0.0761. The molecule has 4 heteroatoms. The summed E-state index contributed by atoms with van der Waals surface area (Å²) in [6.45, 7) is 4.90. The van der Waals surface area contributed by atoms with E-state index in [0.717, 1.165) is 43.8 Å². The van der Waals surface area contributed by atoms with E-state index in [-0.39, 0.29) is 5.60 Å². The molecule has 1 fully saturated rings. The first-order valence-corrected chi connectivity index (χ1v) is 6.20. The zero-order valence-corrected chi connectivity index (χ0v) is 10.5. The van der Waals surface area contributed by atoms with Crippen LogP contribution in [0.2, 0.25) is 5.15 Å². The molecular formula is C12H17ClN2O. The molecule has 1 atom stereocenters. The molecule has 0 amide bonds. The topological polar surface area (TPSA) is 35.0 Å². The zero-order chi connectivity index (χ0) is 11.6. The highest BCUT2D eigenvalue weighted by atomic mass is 35.5. The van der Waals surface area contributed by atoms with E-state index in [9.17, 15) is 0 Å². The molecule has 0 bridgehead atoms. The highest BCUT2D eigenvalue weighted by molar-refractivity contribution is 6.29. The predicted molar refractivity (Wildman–Crippen MR) is 63.6 cm³/mol. The second-order valence-electron chi connectivity index (χ2n) is 4.40. The summed E-state index contributed by atoms with van der Waals surface area (Å²) in [5.41, 5.74) is 0.623. The molecule has 88 valence electrons. The van der Waals surface area contributed by atoms with Crippen LogP contribution in [0.25, 0.3) is 0 Å². The summed E-state index contributed by atoms with van der Waals surface area (Å²) in [6.07, 6.45) is 4.12. The van der Waals surface area contributed by atoms with Gasteiger partial charge in [0.15, 0.2) is 5.82 Å². The molecule has 1 aliphatic rings. The van der Waals surface area contributed by atoms with Crippen molar-refractivity contribution in [2.45, 2.75) is 45.1 Å². The van der Waals surface area contributed by atoms with Crippen molar-refractivity contribution in [1.29, 1.82) is 0 Å². The fraction of sp³-hybridized carbons (Fsp3) is 0.667. The van der Waals surface area contributed by atoms with E-state index in [1.807, 2.05) is 6.07 Å². The second-order valence-corrected chi connectivity index (χ2v) is 4.78. The van der Waals surface area contributed by atoms with Crippen LogP contribution in [0.3, 0.4) is 0 Å². The molecule has 0 radical (unpaired) electrons. The van der Waals surface area contributed by atoms with Crippen LogP contribution in [0.15, 0.2) is 6.07 Å². The first-order valence-electron chi connectivity index (χ1n) is 5.82. The van der Waals surface area contributed by atoms with Crippen molar-refractivity contribution in [2.75, 3.05) is 6.61 Å². The Morgan fingerprint density at radius 2 is 2.25 bits per heavy atom. The largest absolute Gasteiger partial charge is 0.367 e. The van der Waals surface area contributed by atoms with E-state index in [1.54, 1.807) is 0 Å². The Hall–Kier alpha value is -0.670. The van der Waals surface area contributed by atoms with Crippen molar-refractivity contribution in [1.82, 2.24) is 9.97 Å². The minimum absolute atomic E-state index is 0.354. The van der Waals surface area contributed by atoms with Gasteiger partial charge in [-0.15, -0.1) is 0 Å². The maximum atomic E-state index is 6.00. The summed E-state index contributed by atoms with van der Waals surface area (Å²) in [7, 11) is 0. The molecule has 1 aromatic heterocycles. The van der Waals surface area contributed by atoms with Crippen molar-refractivity contribution in [2.24, 2.45) is 0 Å². The summed E-state index contributed by atoms with van der Waals surface area (Å²) < 4.78 is 5.82. The summed E-state index contributed by atoms with van der Waals surface area (Å²) in [5.74, 6) is 0.733. The molecule has 16 heavy (non-hydrogen) atoms. The van der Waals surface area contributed by atoms with E-state index in [1.165, 1.54) is 0 Å². The summed E-state index contributed by atoms with van der Waals surface area (Å²) in [5, 5.41) is 0.511. The molecule has 0 saturated carbocycles. The number of aryl methyl sites for hydroxylation is 1. The van der Waals surface area contributed by atoms with Crippen molar-refractivity contribution < 1.29 is 4.74 Å². The molecule has 2 heterocycles. The van der Waals surface area contributed by atoms with Crippen molar-refractivity contribution >= 4 is 11.6 Å². The number of nitrogens with zero attached hydrogens (tertiary/aromatic N) is 2. The molecule has 3 nitrogen and oxygen atoms in total. The number of hydrogen-bond donors (Lipinski definition) is 0. The van der Waals surface area contributed by atoms with Gasteiger partial charge in [-0.1, -0.05) is 18.5 Å². The third-order valence-corrected chi connectivity index (χ3v) is 3.25. The van der Waals surface area contributed by atoms with E-state index in [2.05, 4.69) is 23.8 Å². The van der Waals surface area contributed by atoms with Gasteiger partial charge in [-0.05, 0) is 38.7 Å². The Morgan fingerprint density at radius 3 is 2.88 bits per heavy atom. The first kappa shape index (κ1) is 11.8. The van der Waals surface area contributed by atoms with E-state index < -0.39 is 0 Å². The van der Waals surface area contributed by atoms with Crippen molar-refractivity contribution in [3.63, 3.8) is 0 Å². The SMILES string of the molecule is CCc1cc(Cl)nc(C2(C)CCCCO2)n1. The molecule has 0 spiro atoms. The molecule has 0 N–H and O–H groups in total. The molecule has 0 aliphatic carbocycles. The standard InChI is InChI=1S/C12H17ClN2O/c1-3-9-8-10(13)15-11(14-9)12(2)6-4-5-7-16-12/h8H,3-7H2,1-2H3. The van der Waals surface area contributed by atoms with Crippen molar-refractivity contribution in [3.8, 4) is 0 Å². The number of halogens is 1. The minimum atomic E-state index is -0.354. The fourth-order valence-corrected chi connectivity index (χ4v) is 2.20. The Morgan fingerprint density at radius 1 is 1.44 bits per heavy atom. The molecular weight excluding hydrogens is 224 g/mol. The van der Waals surface area contributed by atoms with Gasteiger partial charge in [-0.3, -0.25) is 0 Å². The van der Waals surface area contributed by atoms with Gasteiger partial charge in [-0.25, -0.2) is 9.97 Å². The van der Waals surface area contributed by atoms with Gasteiger partial charge in [0, 0.05) is 12.3 Å². The van der Waals surface area contributed by atoms with Crippen LogP contribution in [0.1, 0.15) is 44.6 Å². The Balaban J connectivity index is 2.34. The monoisotopic (exact) mass is 240 g/mol. The van der Waals surface area contributed by atoms with Gasteiger partial charge >= 0.3 is 0 Å².